The molecule has 190 valence electrons. The zero-order chi connectivity index (χ0) is 25.2. The molecule has 33 heavy (non-hydrogen) atoms. The second-order valence-corrected chi connectivity index (χ2v) is 11.4. The van der Waals surface area contributed by atoms with Gasteiger partial charge in [-0.3, -0.25) is 13.6 Å². The van der Waals surface area contributed by atoms with E-state index in [1.54, 1.807) is 19.0 Å². The molecular weight excluding hydrogens is 515 g/mol. The van der Waals surface area contributed by atoms with Crippen molar-refractivity contribution in [2.45, 2.75) is 24.5 Å². The van der Waals surface area contributed by atoms with Crippen LogP contribution in [-0.2, 0) is 40.8 Å². The van der Waals surface area contributed by atoms with E-state index in [2.05, 4.69) is 22.7 Å². The molecule has 0 bridgehead atoms. The van der Waals surface area contributed by atoms with E-state index in [4.69, 9.17) is 14.4 Å². The van der Waals surface area contributed by atoms with Gasteiger partial charge in [-0.05, 0) is 6.07 Å². The number of aliphatic hydroxyl groups excluding tert-OH is 1. The fourth-order valence-electron chi connectivity index (χ4n) is 2.68. The van der Waals surface area contributed by atoms with E-state index in [1.165, 1.54) is 19.4 Å². The Morgan fingerprint density at radius 2 is 1.73 bits per heavy atom. The van der Waals surface area contributed by atoms with Gasteiger partial charge in [0.25, 0.3) is 0 Å². The summed E-state index contributed by atoms with van der Waals surface area (Å²) in [5, 5.41) is 10.4. The SMILES string of the molecule is COC1C(O)[C@@H](COP(=O)(O)OP(=O)(O)OP(=O)(O)OC)O[C@H]1n1ccc(N(C)C)nc1=O. The lowest BCUT2D eigenvalue weighted by Crippen LogP contribution is -2.37. The third-order valence-electron chi connectivity index (χ3n) is 4.18. The third kappa shape index (κ3) is 7.47. The minimum Gasteiger partial charge on any atom is -0.387 e. The van der Waals surface area contributed by atoms with Gasteiger partial charge in [0, 0.05) is 34.5 Å². The molecule has 1 aliphatic rings. The Bertz CT molecular complexity index is 1030. The Hall–Kier alpha value is -1.03. The van der Waals surface area contributed by atoms with Crippen LogP contribution in [0.5, 0.6) is 0 Å². The number of phosphoric ester groups is 2. The summed E-state index contributed by atoms with van der Waals surface area (Å²) in [7, 11) is -10.8. The highest BCUT2D eigenvalue weighted by molar-refractivity contribution is 7.66. The Labute approximate surface area is 187 Å². The van der Waals surface area contributed by atoms with Crippen LogP contribution in [0.1, 0.15) is 6.23 Å². The molecule has 7 atom stereocenters. The average molecular weight is 539 g/mol. The maximum absolute atomic E-state index is 12.4. The average Bonchev–Trinajstić information content (AvgIpc) is 2.99. The van der Waals surface area contributed by atoms with Gasteiger partial charge >= 0.3 is 29.2 Å². The molecule has 2 heterocycles. The van der Waals surface area contributed by atoms with Crippen LogP contribution in [0.15, 0.2) is 17.1 Å². The molecule has 0 aliphatic carbocycles. The standard InChI is InChI=1S/C13H24N3O14P3/c1-15(2)9-5-6-16(13(18)14-9)12-11(25-3)10(17)8(28-12)7-27-32(21,22)30-33(23,24)29-31(19,20)26-4/h5-6,8,10-12,17H,7H2,1-4H3,(H,19,20)(H,21,22)(H,23,24)/t8-,10?,11?,12-/m1/s1. The van der Waals surface area contributed by atoms with Crippen molar-refractivity contribution in [1.29, 1.82) is 0 Å². The highest BCUT2D eigenvalue weighted by Gasteiger charge is 2.47. The molecular formula is C13H24N3O14P3. The Morgan fingerprint density at radius 1 is 1.12 bits per heavy atom. The topological polar surface area (TPSA) is 226 Å². The van der Waals surface area contributed by atoms with Crippen LogP contribution in [-0.4, -0.2) is 82.6 Å². The van der Waals surface area contributed by atoms with Crippen LogP contribution >= 0.6 is 23.5 Å². The van der Waals surface area contributed by atoms with Crippen LogP contribution in [0.3, 0.4) is 0 Å². The smallest absolute Gasteiger partial charge is 0.387 e. The van der Waals surface area contributed by atoms with E-state index in [1.807, 2.05) is 0 Å². The first-order valence-corrected chi connectivity index (χ1v) is 13.3. The summed E-state index contributed by atoms with van der Waals surface area (Å²) in [5.74, 6) is 0.360. The number of aromatic nitrogens is 2. The van der Waals surface area contributed by atoms with Crippen molar-refractivity contribution in [3.8, 4) is 0 Å². The molecule has 4 N–H and O–H groups in total. The molecule has 1 aliphatic heterocycles. The van der Waals surface area contributed by atoms with E-state index in [0.717, 1.165) is 4.57 Å². The summed E-state index contributed by atoms with van der Waals surface area (Å²) < 4.78 is 62.7. The van der Waals surface area contributed by atoms with Crippen LogP contribution < -0.4 is 10.6 Å². The van der Waals surface area contributed by atoms with Crippen molar-refractivity contribution in [2.24, 2.45) is 0 Å². The van der Waals surface area contributed by atoms with E-state index in [-0.39, 0.29) is 0 Å². The van der Waals surface area contributed by atoms with Crippen molar-refractivity contribution in [1.82, 2.24) is 9.55 Å². The van der Waals surface area contributed by atoms with Gasteiger partial charge in [-0.25, -0.2) is 18.5 Å². The Balaban J connectivity index is 2.11. The summed E-state index contributed by atoms with van der Waals surface area (Å²) in [5.41, 5.74) is -0.733. The number of hydrogen-bond acceptors (Lipinski definition) is 13. The normalized spacial score (nSPS) is 28.6. The summed E-state index contributed by atoms with van der Waals surface area (Å²) in [6.45, 7) is -0.885. The summed E-state index contributed by atoms with van der Waals surface area (Å²) in [6, 6.07) is 1.50. The molecule has 0 spiro atoms. The lowest BCUT2D eigenvalue weighted by atomic mass is 10.1. The number of rotatable bonds is 11. The molecule has 1 saturated heterocycles. The van der Waals surface area contributed by atoms with Gasteiger partial charge in [0.15, 0.2) is 6.23 Å². The Morgan fingerprint density at radius 3 is 2.24 bits per heavy atom. The highest BCUT2D eigenvalue weighted by atomic mass is 31.3. The number of aliphatic hydroxyl groups is 1. The minimum absolute atomic E-state index is 0.360. The fraction of sp³-hybridized carbons (Fsp3) is 0.692. The van der Waals surface area contributed by atoms with Crippen LogP contribution in [0.2, 0.25) is 0 Å². The predicted molar refractivity (Wildman–Crippen MR) is 108 cm³/mol. The molecule has 1 fully saturated rings. The molecule has 0 saturated carbocycles. The monoisotopic (exact) mass is 539 g/mol. The van der Waals surface area contributed by atoms with Gasteiger partial charge in [-0.15, -0.1) is 0 Å². The quantitative estimate of drug-likeness (QED) is 0.262. The van der Waals surface area contributed by atoms with E-state index in [9.17, 15) is 33.4 Å². The van der Waals surface area contributed by atoms with Gasteiger partial charge in [-0.1, -0.05) is 0 Å². The number of phosphoric acid groups is 3. The van der Waals surface area contributed by atoms with Crippen molar-refractivity contribution in [3.05, 3.63) is 22.7 Å². The summed E-state index contributed by atoms with van der Waals surface area (Å²) >= 11 is 0. The van der Waals surface area contributed by atoms with Crippen molar-refractivity contribution in [2.75, 3.05) is 39.8 Å². The molecule has 0 aromatic carbocycles. The van der Waals surface area contributed by atoms with E-state index in [0.29, 0.717) is 12.9 Å². The minimum atomic E-state index is -5.59. The van der Waals surface area contributed by atoms with Gasteiger partial charge < -0.3 is 34.2 Å². The number of anilines is 1. The second kappa shape index (κ2) is 10.7. The van der Waals surface area contributed by atoms with E-state index >= 15 is 0 Å². The molecule has 1 aromatic heterocycles. The zero-order valence-corrected chi connectivity index (χ0v) is 20.4. The number of methoxy groups -OCH3 is 1. The molecule has 20 heteroatoms. The molecule has 17 nitrogen and oxygen atoms in total. The molecule has 2 rings (SSSR count). The molecule has 5 unspecified atom stereocenters. The van der Waals surface area contributed by atoms with Gasteiger partial charge in [0.1, 0.15) is 24.1 Å². The third-order valence-corrected chi connectivity index (χ3v) is 8.42. The summed E-state index contributed by atoms with van der Waals surface area (Å²) in [4.78, 5) is 45.9. The second-order valence-electron chi connectivity index (χ2n) is 6.67. The van der Waals surface area contributed by atoms with Gasteiger partial charge in [0.2, 0.25) is 0 Å². The van der Waals surface area contributed by atoms with Gasteiger partial charge in [0.05, 0.1) is 6.61 Å². The molecule has 1 aromatic rings. The van der Waals surface area contributed by atoms with Crippen molar-refractivity contribution >= 4 is 29.3 Å². The van der Waals surface area contributed by atoms with Crippen LogP contribution in [0.4, 0.5) is 5.82 Å². The van der Waals surface area contributed by atoms with Crippen LogP contribution in [0.25, 0.3) is 0 Å². The van der Waals surface area contributed by atoms with Crippen LogP contribution in [0, 0.1) is 0 Å². The van der Waals surface area contributed by atoms with E-state index < -0.39 is 60.3 Å². The lowest BCUT2D eigenvalue weighted by Gasteiger charge is -2.21. The largest absolute Gasteiger partial charge is 0.490 e. The summed E-state index contributed by atoms with van der Waals surface area (Å²) in [6.07, 6.45) is -3.84. The fourth-order valence-corrected chi connectivity index (χ4v) is 5.95. The molecule has 0 amide bonds. The number of ether oxygens (including phenoxy) is 2. The first kappa shape index (κ1) is 28.2. The predicted octanol–water partition coefficient (Wildman–Crippen LogP) is -0.420. The van der Waals surface area contributed by atoms with Crippen molar-refractivity contribution in [3.63, 3.8) is 0 Å². The van der Waals surface area contributed by atoms with Gasteiger partial charge in [-0.2, -0.15) is 13.6 Å². The maximum atomic E-state index is 12.4. The first-order chi connectivity index (χ1) is 15.1. The lowest BCUT2D eigenvalue weighted by molar-refractivity contribution is -0.0619. The zero-order valence-electron chi connectivity index (χ0n) is 17.7. The molecule has 0 radical (unpaired) electrons. The maximum Gasteiger partial charge on any atom is 0.490 e. The van der Waals surface area contributed by atoms with Crippen molar-refractivity contribution < 1.29 is 60.6 Å². The number of nitrogens with zero attached hydrogens (tertiary/aromatic N) is 3. The number of hydrogen-bond donors (Lipinski definition) is 4. The Kier molecular flexibility index (Phi) is 9.15. The highest BCUT2D eigenvalue weighted by Crippen LogP contribution is 2.67. The first-order valence-electron chi connectivity index (χ1n) is 8.85.